The zero-order valence-corrected chi connectivity index (χ0v) is 23.6. The Labute approximate surface area is 183 Å². The zero-order chi connectivity index (χ0) is 21.2. The maximum absolute atomic E-state index is 3.01. The second-order valence-corrected chi connectivity index (χ2v) is 29.2. The first-order chi connectivity index (χ1) is 13.6. The minimum atomic E-state index is -3.01. The van der Waals surface area contributed by atoms with Gasteiger partial charge in [0.15, 0.2) is 0 Å². The van der Waals surface area contributed by atoms with E-state index in [1.807, 2.05) is 0 Å². The van der Waals surface area contributed by atoms with Crippen molar-refractivity contribution in [2.24, 2.45) is 0 Å². The molecule has 1 heteroatoms. The third-order valence-electron chi connectivity index (χ3n) is 9.77. The molecule has 0 fully saturated rings. The Bertz CT molecular complexity index is 929. The van der Waals surface area contributed by atoms with E-state index in [0.717, 1.165) is 0 Å². The Morgan fingerprint density at radius 2 is 1.52 bits per heavy atom. The number of rotatable bonds is 5. The second-order valence-electron chi connectivity index (χ2n) is 10.7. The molecule has 0 heterocycles. The van der Waals surface area contributed by atoms with Gasteiger partial charge in [0, 0.05) is 0 Å². The molecular formula is C28H40Hf. The number of hydrogen-bond acceptors (Lipinski definition) is 0. The Hall–Kier alpha value is -0.690. The standard InChI is InChI=1S/C16H19.C10H15.2CH3.Hf/c1-2-3-5-12-8-9-15-10-13-6-4-7-14(13)11-16(12)15;1-6-7(2)9(4)10(5)8(6)3;;;/h8-11H,2-7H2,1H3;1-5H3;2*1H3;. The van der Waals surface area contributed by atoms with Crippen LogP contribution in [0.15, 0.2) is 40.5 Å². The summed E-state index contributed by atoms with van der Waals surface area (Å²) in [7, 11) is 0. The molecule has 0 saturated carbocycles. The fraction of sp³-hybridized carbons (Fsp3) is 0.571. The van der Waals surface area contributed by atoms with Crippen molar-refractivity contribution in [3.05, 3.63) is 62.8 Å². The van der Waals surface area contributed by atoms with Crippen LogP contribution in [0.1, 0.15) is 89.5 Å². The molecule has 0 aromatic heterocycles. The average Bonchev–Trinajstić information content (AvgIpc) is 3.35. The van der Waals surface area contributed by atoms with Gasteiger partial charge in [-0.25, -0.2) is 0 Å². The molecule has 0 amide bonds. The Kier molecular flexibility index (Phi) is 5.33. The molecule has 1 aromatic carbocycles. The summed E-state index contributed by atoms with van der Waals surface area (Å²) in [6.07, 6.45) is 13.1. The number of unbranched alkanes of at least 4 members (excludes halogenated alkanes) is 1. The Morgan fingerprint density at radius 1 is 0.931 bits per heavy atom. The summed E-state index contributed by atoms with van der Waals surface area (Å²) in [4.78, 5) is 0. The molecule has 1 aromatic rings. The summed E-state index contributed by atoms with van der Waals surface area (Å²) >= 11 is -3.01. The summed E-state index contributed by atoms with van der Waals surface area (Å²) in [6.45, 7) is 14.6. The first kappa shape index (κ1) is 21.5. The molecule has 0 spiro atoms. The normalized spacial score (nSPS) is 25.2. The van der Waals surface area contributed by atoms with Gasteiger partial charge in [0.05, 0.1) is 0 Å². The van der Waals surface area contributed by atoms with E-state index in [2.05, 4.69) is 75.2 Å². The van der Waals surface area contributed by atoms with Crippen LogP contribution in [0.5, 0.6) is 0 Å². The van der Waals surface area contributed by atoms with E-state index in [-0.39, 0.29) is 0 Å². The van der Waals surface area contributed by atoms with Crippen LogP contribution >= 0.6 is 0 Å². The molecule has 156 valence electrons. The molecule has 0 nitrogen and oxygen atoms in total. The van der Waals surface area contributed by atoms with Crippen molar-refractivity contribution in [1.82, 2.24) is 0 Å². The summed E-state index contributed by atoms with van der Waals surface area (Å²) in [5.74, 6) is 0. The predicted molar refractivity (Wildman–Crippen MR) is 126 cm³/mol. The molecule has 0 radical (unpaired) electrons. The summed E-state index contributed by atoms with van der Waals surface area (Å²) in [5, 5.41) is 0. The van der Waals surface area contributed by atoms with E-state index in [0.29, 0.717) is 6.34 Å². The third-order valence-corrected chi connectivity index (χ3v) is 31.9. The molecule has 0 aliphatic heterocycles. The van der Waals surface area contributed by atoms with Crippen LogP contribution in [-0.2, 0) is 36.0 Å². The fourth-order valence-corrected chi connectivity index (χ4v) is 26.2. The van der Waals surface area contributed by atoms with Crippen molar-refractivity contribution in [3.8, 4) is 0 Å². The Morgan fingerprint density at radius 3 is 2.10 bits per heavy atom. The van der Waals surface area contributed by atoms with E-state index in [4.69, 9.17) is 0 Å². The molecule has 0 saturated heterocycles. The quantitative estimate of drug-likeness (QED) is 0.319. The van der Waals surface area contributed by atoms with Gasteiger partial charge in [-0.15, -0.1) is 0 Å². The Balaban J connectivity index is 1.94. The average molecular weight is 555 g/mol. The molecule has 0 N–H and O–H groups in total. The first-order valence-electron chi connectivity index (χ1n) is 11.8. The molecular weight excluding hydrogens is 515 g/mol. The van der Waals surface area contributed by atoms with Gasteiger partial charge in [0.2, 0.25) is 0 Å². The van der Waals surface area contributed by atoms with Crippen molar-refractivity contribution >= 4 is 6.08 Å². The number of fused-ring (bicyclic) bond motifs is 2. The van der Waals surface area contributed by atoms with Gasteiger partial charge in [0.1, 0.15) is 0 Å². The predicted octanol–water partition coefficient (Wildman–Crippen LogP) is 8.70. The van der Waals surface area contributed by atoms with Gasteiger partial charge in [-0.3, -0.25) is 0 Å². The minimum absolute atomic E-state index is 0.305. The van der Waals surface area contributed by atoms with Crippen LogP contribution in [0.4, 0.5) is 0 Å². The summed E-state index contributed by atoms with van der Waals surface area (Å²) in [5.41, 5.74) is 13.0. The monoisotopic (exact) mass is 556 g/mol. The van der Waals surface area contributed by atoms with E-state index >= 15 is 0 Å². The van der Waals surface area contributed by atoms with Crippen LogP contribution in [0, 0.1) is 0 Å². The van der Waals surface area contributed by atoms with Gasteiger partial charge in [-0.2, -0.15) is 0 Å². The number of hydrogen-bond donors (Lipinski definition) is 0. The molecule has 0 bridgehead atoms. The van der Waals surface area contributed by atoms with Gasteiger partial charge < -0.3 is 0 Å². The van der Waals surface area contributed by atoms with Crippen LogP contribution < -0.4 is 0 Å². The number of aryl methyl sites for hydroxylation is 2. The molecule has 4 rings (SSSR count). The number of benzene rings is 1. The van der Waals surface area contributed by atoms with Crippen molar-refractivity contribution in [3.63, 3.8) is 0 Å². The third kappa shape index (κ3) is 2.71. The summed E-state index contributed by atoms with van der Waals surface area (Å²) in [6, 6.07) is 5.23. The van der Waals surface area contributed by atoms with Gasteiger partial charge in [-0.1, -0.05) is 0 Å². The van der Waals surface area contributed by atoms with Gasteiger partial charge in [0.25, 0.3) is 0 Å². The van der Waals surface area contributed by atoms with Crippen LogP contribution in [-0.4, -0.2) is 0 Å². The van der Waals surface area contributed by atoms with Crippen molar-refractivity contribution in [2.45, 2.75) is 95.8 Å². The molecule has 1 atom stereocenters. The zero-order valence-electron chi connectivity index (χ0n) is 20.1. The van der Waals surface area contributed by atoms with Crippen LogP contribution in [0.2, 0.25) is 12.5 Å². The fourth-order valence-electron chi connectivity index (χ4n) is 7.00. The van der Waals surface area contributed by atoms with E-state index in [9.17, 15) is 0 Å². The maximum atomic E-state index is 2.79. The van der Waals surface area contributed by atoms with Crippen LogP contribution in [0.3, 0.4) is 0 Å². The number of allylic oxidation sites excluding steroid dienone is 5. The summed E-state index contributed by atoms with van der Waals surface area (Å²) < 4.78 is 6.19. The van der Waals surface area contributed by atoms with Crippen molar-refractivity contribution in [1.29, 1.82) is 0 Å². The van der Waals surface area contributed by atoms with Gasteiger partial charge >= 0.3 is 185 Å². The first-order valence-corrected chi connectivity index (χ1v) is 22.6. The van der Waals surface area contributed by atoms with Gasteiger partial charge in [-0.05, 0) is 0 Å². The van der Waals surface area contributed by atoms with E-state index < -0.39 is 20.0 Å². The van der Waals surface area contributed by atoms with E-state index in [1.165, 1.54) is 38.5 Å². The molecule has 1 unspecified atom stereocenters. The second kappa shape index (κ2) is 7.18. The molecule has 3 aliphatic carbocycles. The molecule has 3 aliphatic rings. The molecule has 29 heavy (non-hydrogen) atoms. The van der Waals surface area contributed by atoms with Crippen molar-refractivity contribution in [2.75, 3.05) is 0 Å². The topological polar surface area (TPSA) is 0 Å². The SMILES string of the molecule is CCCC[C]1([Hf]([CH3])([CH3])[C]2(C)C(C)=C(C)C(C)=C2C)C=Cc2cc3c(cc21)CCC3. The van der Waals surface area contributed by atoms with E-state index in [1.54, 1.807) is 44.5 Å². The van der Waals surface area contributed by atoms with Crippen molar-refractivity contribution < 1.29 is 20.0 Å². The van der Waals surface area contributed by atoms with Crippen LogP contribution in [0.25, 0.3) is 6.08 Å².